The third-order valence-electron chi connectivity index (χ3n) is 4.40. The van der Waals surface area contributed by atoms with Crippen LogP contribution in [0.15, 0.2) is 41.8 Å². The molecule has 0 fully saturated rings. The lowest BCUT2D eigenvalue weighted by Gasteiger charge is -2.12. The van der Waals surface area contributed by atoms with Crippen molar-refractivity contribution in [3.63, 3.8) is 0 Å². The Morgan fingerprint density at radius 3 is 2.00 bits per heavy atom. The van der Waals surface area contributed by atoms with Crippen LogP contribution >= 0.6 is 11.8 Å². The van der Waals surface area contributed by atoms with E-state index in [1.807, 2.05) is 11.8 Å². The van der Waals surface area contributed by atoms with Crippen molar-refractivity contribution in [1.29, 1.82) is 0 Å². The number of benzene rings is 1. The van der Waals surface area contributed by atoms with E-state index in [0.717, 1.165) is 11.7 Å². The van der Waals surface area contributed by atoms with Gasteiger partial charge in [-0.25, -0.2) is 0 Å². The van der Waals surface area contributed by atoms with Gasteiger partial charge in [0.15, 0.2) is 0 Å². The lowest BCUT2D eigenvalue weighted by molar-refractivity contribution is 0.473. The number of unbranched alkanes of at least 4 members (excludes halogenated alkanes) is 6. The standard InChI is InChI=1S/C22H36S/c1-3-5-7-10-14-21(15-11-8-6-4-2)18-19-23-20-22-16-12-9-13-17-22/h9,12-13,16-19,21H,3-8,10-11,14-15,20H2,1-2H3/b19-18+. The summed E-state index contributed by atoms with van der Waals surface area (Å²) in [4.78, 5) is 0. The van der Waals surface area contributed by atoms with Crippen molar-refractivity contribution in [2.45, 2.75) is 83.8 Å². The van der Waals surface area contributed by atoms with Crippen molar-refractivity contribution in [2.24, 2.45) is 5.92 Å². The second kappa shape index (κ2) is 14.9. The van der Waals surface area contributed by atoms with Crippen LogP contribution in [0.25, 0.3) is 0 Å². The molecule has 0 radical (unpaired) electrons. The van der Waals surface area contributed by atoms with E-state index in [4.69, 9.17) is 0 Å². The summed E-state index contributed by atoms with van der Waals surface area (Å²) in [6.45, 7) is 4.59. The van der Waals surface area contributed by atoms with Gasteiger partial charge in [-0.1, -0.05) is 102 Å². The number of rotatable bonds is 14. The summed E-state index contributed by atoms with van der Waals surface area (Å²) in [6, 6.07) is 10.8. The Bertz CT molecular complexity index is 370. The summed E-state index contributed by atoms with van der Waals surface area (Å²) in [5, 5.41) is 2.36. The van der Waals surface area contributed by atoms with E-state index in [1.54, 1.807) is 0 Å². The Hall–Kier alpha value is -0.690. The molecule has 0 N–H and O–H groups in total. The Labute approximate surface area is 149 Å². The predicted molar refractivity (Wildman–Crippen MR) is 108 cm³/mol. The fourth-order valence-electron chi connectivity index (χ4n) is 2.89. The van der Waals surface area contributed by atoms with Gasteiger partial charge in [0.25, 0.3) is 0 Å². The van der Waals surface area contributed by atoms with Crippen molar-refractivity contribution >= 4 is 11.8 Å². The van der Waals surface area contributed by atoms with Crippen LogP contribution in [0.5, 0.6) is 0 Å². The maximum atomic E-state index is 2.49. The molecule has 0 saturated carbocycles. The molecular weight excluding hydrogens is 296 g/mol. The number of allylic oxidation sites excluding steroid dienone is 1. The minimum absolute atomic E-state index is 0.798. The summed E-state index contributed by atoms with van der Waals surface area (Å²) >= 11 is 1.94. The minimum atomic E-state index is 0.798. The first-order chi connectivity index (χ1) is 11.4. The monoisotopic (exact) mass is 332 g/mol. The zero-order valence-corrected chi connectivity index (χ0v) is 16.1. The van der Waals surface area contributed by atoms with E-state index >= 15 is 0 Å². The van der Waals surface area contributed by atoms with Crippen LogP contribution < -0.4 is 0 Å². The molecule has 0 aromatic heterocycles. The molecular formula is C22H36S. The number of hydrogen-bond donors (Lipinski definition) is 0. The van der Waals surface area contributed by atoms with E-state index in [-0.39, 0.29) is 0 Å². The Balaban J connectivity index is 2.29. The van der Waals surface area contributed by atoms with E-state index in [9.17, 15) is 0 Å². The van der Waals surface area contributed by atoms with Crippen molar-refractivity contribution in [1.82, 2.24) is 0 Å². The second-order valence-electron chi connectivity index (χ2n) is 6.58. The van der Waals surface area contributed by atoms with Crippen molar-refractivity contribution < 1.29 is 0 Å². The molecule has 0 heterocycles. The van der Waals surface area contributed by atoms with Gasteiger partial charge in [0.05, 0.1) is 0 Å². The highest BCUT2D eigenvalue weighted by Gasteiger charge is 2.04. The van der Waals surface area contributed by atoms with Gasteiger partial charge in [0.1, 0.15) is 0 Å². The first-order valence-electron chi connectivity index (χ1n) is 9.69. The molecule has 1 aromatic carbocycles. The molecule has 0 spiro atoms. The molecule has 0 nitrogen and oxygen atoms in total. The molecule has 1 heteroatoms. The Kier molecular flexibility index (Phi) is 13.2. The first-order valence-corrected chi connectivity index (χ1v) is 10.7. The van der Waals surface area contributed by atoms with Gasteiger partial charge in [-0.3, -0.25) is 0 Å². The van der Waals surface area contributed by atoms with E-state index in [1.165, 1.54) is 69.8 Å². The SMILES string of the molecule is CCCCCCC(/C=C/SCc1ccccc1)CCCCCC. The average molecular weight is 333 g/mol. The molecule has 23 heavy (non-hydrogen) atoms. The zero-order chi connectivity index (χ0) is 16.6. The third-order valence-corrected chi connectivity index (χ3v) is 5.25. The number of hydrogen-bond acceptors (Lipinski definition) is 1. The summed E-state index contributed by atoms with van der Waals surface area (Å²) < 4.78 is 0. The first kappa shape index (κ1) is 20.4. The maximum Gasteiger partial charge on any atom is 0.0225 e. The smallest absolute Gasteiger partial charge is 0.0225 e. The minimum Gasteiger partial charge on any atom is -0.130 e. The predicted octanol–water partition coefficient (Wildman–Crippen LogP) is 7.99. The molecule has 0 saturated heterocycles. The zero-order valence-electron chi connectivity index (χ0n) is 15.3. The van der Waals surface area contributed by atoms with Crippen molar-refractivity contribution in [2.75, 3.05) is 0 Å². The van der Waals surface area contributed by atoms with Gasteiger partial charge >= 0.3 is 0 Å². The lowest BCUT2D eigenvalue weighted by Crippen LogP contribution is -1.97. The summed E-state index contributed by atoms with van der Waals surface area (Å²) in [6.07, 6.45) is 16.4. The summed E-state index contributed by atoms with van der Waals surface area (Å²) in [5.74, 6) is 1.89. The lowest BCUT2D eigenvalue weighted by atomic mass is 9.95. The molecule has 0 aliphatic rings. The fraction of sp³-hybridized carbons (Fsp3) is 0.636. The van der Waals surface area contributed by atoms with E-state index in [0.29, 0.717) is 0 Å². The largest absolute Gasteiger partial charge is 0.130 e. The Morgan fingerprint density at radius 2 is 1.43 bits per heavy atom. The van der Waals surface area contributed by atoms with Gasteiger partial charge in [-0.15, -0.1) is 11.8 Å². The highest BCUT2D eigenvalue weighted by Crippen LogP contribution is 2.22. The average Bonchev–Trinajstić information content (AvgIpc) is 2.59. The van der Waals surface area contributed by atoms with Crippen LogP contribution in [-0.2, 0) is 5.75 Å². The van der Waals surface area contributed by atoms with E-state index in [2.05, 4.69) is 55.7 Å². The molecule has 0 bridgehead atoms. The summed E-state index contributed by atoms with van der Waals surface area (Å²) in [5.41, 5.74) is 1.42. The van der Waals surface area contributed by atoms with Crippen LogP contribution in [0.2, 0.25) is 0 Å². The maximum absolute atomic E-state index is 2.49. The molecule has 1 aromatic rings. The molecule has 0 aliphatic heterocycles. The topological polar surface area (TPSA) is 0 Å². The van der Waals surface area contributed by atoms with E-state index < -0.39 is 0 Å². The van der Waals surface area contributed by atoms with Crippen LogP contribution in [-0.4, -0.2) is 0 Å². The fourth-order valence-corrected chi connectivity index (χ4v) is 3.70. The number of thioether (sulfide) groups is 1. The second-order valence-corrected chi connectivity index (χ2v) is 7.48. The molecule has 0 unspecified atom stereocenters. The van der Waals surface area contributed by atoms with Crippen LogP contribution in [0.1, 0.15) is 83.6 Å². The normalized spacial score (nSPS) is 11.6. The Morgan fingerprint density at radius 1 is 0.826 bits per heavy atom. The van der Waals surface area contributed by atoms with Crippen LogP contribution in [0.4, 0.5) is 0 Å². The molecule has 0 atom stereocenters. The highest BCUT2D eigenvalue weighted by atomic mass is 32.2. The molecule has 130 valence electrons. The van der Waals surface area contributed by atoms with Crippen LogP contribution in [0.3, 0.4) is 0 Å². The van der Waals surface area contributed by atoms with Gasteiger partial charge in [0.2, 0.25) is 0 Å². The van der Waals surface area contributed by atoms with Gasteiger partial charge in [-0.2, -0.15) is 0 Å². The molecule has 1 rings (SSSR count). The van der Waals surface area contributed by atoms with Crippen molar-refractivity contribution in [3.8, 4) is 0 Å². The molecule has 0 amide bonds. The third kappa shape index (κ3) is 11.5. The van der Waals surface area contributed by atoms with Crippen molar-refractivity contribution in [3.05, 3.63) is 47.4 Å². The van der Waals surface area contributed by atoms with Gasteiger partial charge in [0, 0.05) is 5.75 Å². The highest BCUT2D eigenvalue weighted by molar-refractivity contribution is 8.01. The quantitative estimate of drug-likeness (QED) is 0.311. The molecule has 0 aliphatic carbocycles. The van der Waals surface area contributed by atoms with Crippen LogP contribution in [0, 0.1) is 5.92 Å². The van der Waals surface area contributed by atoms with Gasteiger partial charge in [-0.05, 0) is 29.7 Å². The van der Waals surface area contributed by atoms with Gasteiger partial charge < -0.3 is 0 Å². The summed E-state index contributed by atoms with van der Waals surface area (Å²) in [7, 11) is 0.